The Kier molecular flexibility index (Phi) is 7.42. The van der Waals surface area contributed by atoms with Crippen LogP contribution in [-0.4, -0.2) is 11.0 Å². The molecule has 0 saturated carbocycles. The number of benzene rings is 6. The predicted octanol–water partition coefficient (Wildman–Crippen LogP) is 9.10. The minimum Gasteiger partial charge on any atom is -0.507 e. The number of amides is 1. The number of carbonyl (C=O) groups excluding carboxylic acids is 1. The van der Waals surface area contributed by atoms with Gasteiger partial charge in [-0.25, -0.2) is 0 Å². The van der Waals surface area contributed by atoms with Gasteiger partial charge in [0.05, 0.1) is 15.6 Å². The van der Waals surface area contributed by atoms with E-state index in [4.69, 9.17) is 27.9 Å². The van der Waals surface area contributed by atoms with Gasteiger partial charge in [-0.05, 0) is 64.4 Å². The van der Waals surface area contributed by atoms with Gasteiger partial charge in [0.25, 0.3) is 5.91 Å². The first-order chi connectivity index (χ1) is 21.9. The fourth-order valence-electron chi connectivity index (χ4n) is 5.67. The van der Waals surface area contributed by atoms with E-state index in [0.717, 1.165) is 16.5 Å². The van der Waals surface area contributed by atoms with Crippen molar-refractivity contribution >= 4 is 45.6 Å². The zero-order valence-corrected chi connectivity index (χ0v) is 25.3. The second kappa shape index (κ2) is 11.7. The highest BCUT2D eigenvalue weighted by Gasteiger charge is 2.47. The molecule has 3 N–H and O–H groups in total. The lowest BCUT2D eigenvalue weighted by Gasteiger charge is -2.32. The number of hydrogen-bond donors (Lipinski definition) is 3. The number of phenolic OH excluding ortho intramolecular Hbond substituents is 1. The predicted molar refractivity (Wildman–Crippen MR) is 180 cm³/mol. The van der Waals surface area contributed by atoms with Crippen LogP contribution in [0, 0.1) is 0 Å². The molecule has 0 saturated heterocycles. The number of carbonyl (C=O) groups is 1. The molecule has 0 aliphatic carbocycles. The van der Waals surface area contributed by atoms with Gasteiger partial charge in [0.15, 0.2) is 0 Å². The van der Waals surface area contributed by atoms with Crippen LogP contribution in [0.25, 0.3) is 27.6 Å². The van der Waals surface area contributed by atoms with E-state index < -0.39 is 5.72 Å². The Hall–Kier alpha value is -5.23. The first-order valence-corrected chi connectivity index (χ1v) is 15.1. The topological polar surface area (TPSA) is 70.6 Å². The van der Waals surface area contributed by atoms with Crippen molar-refractivity contribution in [2.75, 3.05) is 0 Å². The highest BCUT2D eigenvalue weighted by Crippen LogP contribution is 2.46. The molecular formula is C38H26Cl2N2O3. The number of halogens is 2. The van der Waals surface area contributed by atoms with Crippen molar-refractivity contribution in [3.8, 4) is 16.9 Å². The molecule has 1 aliphatic rings. The molecule has 45 heavy (non-hydrogen) atoms. The van der Waals surface area contributed by atoms with E-state index in [9.17, 15) is 9.90 Å². The Morgan fingerprint density at radius 1 is 0.689 bits per heavy atom. The third-order valence-electron chi connectivity index (χ3n) is 7.92. The summed E-state index contributed by atoms with van der Waals surface area (Å²) in [6, 6.07) is 43.4. The molecule has 0 bridgehead atoms. The van der Waals surface area contributed by atoms with Crippen molar-refractivity contribution in [2.24, 2.45) is 0 Å². The van der Waals surface area contributed by atoms with Crippen LogP contribution in [0.4, 0.5) is 0 Å². The van der Waals surface area contributed by atoms with E-state index in [-0.39, 0.29) is 17.5 Å². The number of aromatic hydroxyl groups is 1. The van der Waals surface area contributed by atoms with E-state index in [1.807, 2.05) is 48.5 Å². The highest BCUT2D eigenvalue weighted by atomic mass is 35.5. The number of phenols is 1. The third kappa shape index (κ3) is 5.27. The number of nitrogens with one attached hydrogen (secondary N) is 2. The fourth-order valence-corrected chi connectivity index (χ4v) is 6.26. The van der Waals surface area contributed by atoms with Crippen molar-refractivity contribution in [1.29, 1.82) is 0 Å². The van der Waals surface area contributed by atoms with Crippen molar-refractivity contribution < 1.29 is 14.6 Å². The van der Waals surface area contributed by atoms with Gasteiger partial charge in [0, 0.05) is 16.7 Å². The van der Waals surface area contributed by atoms with E-state index in [1.54, 1.807) is 60.7 Å². The molecule has 6 aromatic carbocycles. The van der Waals surface area contributed by atoms with Crippen LogP contribution < -0.4 is 10.6 Å². The molecule has 1 heterocycles. The maximum atomic E-state index is 13.4. The van der Waals surface area contributed by atoms with Gasteiger partial charge in [-0.15, -0.1) is 0 Å². The van der Waals surface area contributed by atoms with Gasteiger partial charge < -0.3 is 15.2 Å². The van der Waals surface area contributed by atoms with Crippen LogP contribution >= 0.6 is 23.2 Å². The largest absolute Gasteiger partial charge is 0.507 e. The molecule has 1 aliphatic heterocycles. The van der Waals surface area contributed by atoms with Gasteiger partial charge in [-0.1, -0.05) is 120 Å². The summed E-state index contributed by atoms with van der Waals surface area (Å²) in [5.41, 5.74) is 3.00. The quantitative estimate of drug-likeness (QED) is 0.172. The van der Waals surface area contributed by atoms with Crippen LogP contribution in [0.2, 0.25) is 10.0 Å². The maximum Gasteiger partial charge on any atom is 0.258 e. The summed E-state index contributed by atoms with van der Waals surface area (Å²) < 4.78 is 6.73. The summed E-state index contributed by atoms with van der Waals surface area (Å²) in [5.74, 6) is -0.266. The van der Waals surface area contributed by atoms with Gasteiger partial charge in [-0.3, -0.25) is 10.1 Å². The Bertz CT molecular complexity index is 2070. The SMILES string of the molecule is O=C(NC1=C(c2c(Cl)cccc2Cl)NC(c2ccc(-c3ccc4ccccc4c3)cc2)(c2ccccc2O)O1)c1ccccc1. The minimum absolute atomic E-state index is 0.00356. The first-order valence-electron chi connectivity index (χ1n) is 14.3. The molecular weight excluding hydrogens is 603 g/mol. The van der Waals surface area contributed by atoms with Gasteiger partial charge in [0.1, 0.15) is 11.4 Å². The number of rotatable bonds is 6. The molecule has 6 aromatic rings. The average Bonchev–Trinajstić information content (AvgIpc) is 3.44. The molecule has 0 radical (unpaired) electrons. The molecule has 7 rings (SSSR count). The lowest BCUT2D eigenvalue weighted by atomic mass is 9.91. The Morgan fingerprint density at radius 2 is 1.33 bits per heavy atom. The zero-order valence-electron chi connectivity index (χ0n) is 23.8. The molecule has 1 atom stereocenters. The van der Waals surface area contributed by atoms with E-state index >= 15 is 0 Å². The van der Waals surface area contributed by atoms with Crippen molar-refractivity contribution in [3.63, 3.8) is 0 Å². The highest BCUT2D eigenvalue weighted by molar-refractivity contribution is 6.37. The fraction of sp³-hybridized carbons (Fsp3) is 0.0263. The van der Waals surface area contributed by atoms with Crippen molar-refractivity contribution in [3.05, 3.63) is 178 Å². The molecule has 0 aromatic heterocycles. The smallest absolute Gasteiger partial charge is 0.258 e. The second-order valence-corrected chi connectivity index (χ2v) is 11.5. The average molecular weight is 630 g/mol. The first kappa shape index (κ1) is 28.5. The van der Waals surface area contributed by atoms with E-state index in [1.165, 1.54) is 5.39 Å². The lowest BCUT2D eigenvalue weighted by molar-refractivity contribution is 0.0308. The summed E-state index contributed by atoms with van der Waals surface area (Å²) in [5, 5.41) is 20.6. The van der Waals surface area contributed by atoms with Crippen LogP contribution in [0.15, 0.2) is 145 Å². The van der Waals surface area contributed by atoms with Crippen LogP contribution in [-0.2, 0) is 10.5 Å². The summed E-state index contributed by atoms with van der Waals surface area (Å²) in [6.45, 7) is 0. The Labute approximate surface area is 270 Å². The standard InChI is InChI=1S/C38H26Cl2N2O3/c39-31-14-8-15-32(40)34(31)35-37(41-36(44)26-10-2-1-3-11-26)45-38(42-35,30-13-6-7-16-33(30)43)29-21-19-25(20-22-29)28-18-17-24-9-4-5-12-27(24)23-28/h1-23,42-43H,(H,41,44). The Balaban J connectivity index is 1.35. The normalized spacial score (nSPS) is 15.9. The number of fused-ring (bicyclic) bond motifs is 1. The van der Waals surface area contributed by atoms with Gasteiger partial charge in [-0.2, -0.15) is 0 Å². The summed E-state index contributed by atoms with van der Waals surface area (Å²) in [6.07, 6.45) is 0. The molecule has 220 valence electrons. The van der Waals surface area contributed by atoms with Gasteiger partial charge >= 0.3 is 0 Å². The lowest BCUT2D eigenvalue weighted by Crippen LogP contribution is -2.40. The Morgan fingerprint density at radius 3 is 2.07 bits per heavy atom. The minimum atomic E-state index is -1.45. The number of para-hydroxylation sites is 1. The van der Waals surface area contributed by atoms with Crippen LogP contribution in [0.3, 0.4) is 0 Å². The van der Waals surface area contributed by atoms with Crippen molar-refractivity contribution in [2.45, 2.75) is 5.72 Å². The maximum absolute atomic E-state index is 13.4. The number of ether oxygens (including phenoxy) is 1. The van der Waals surface area contributed by atoms with Crippen LogP contribution in [0.1, 0.15) is 27.0 Å². The molecule has 1 unspecified atom stereocenters. The second-order valence-electron chi connectivity index (χ2n) is 10.7. The molecule has 5 nitrogen and oxygen atoms in total. The van der Waals surface area contributed by atoms with Gasteiger partial charge in [0.2, 0.25) is 11.6 Å². The summed E-state index contributed by atoms with van der Waals surface area (Å²) >= 11 is 13.4. The van der Waals surface area contributed by atoms with Crippen molar-refractivity contribution in [1.82, 2.24) is 10.6 Å². The van der Waals surface area contributed by atoms with E-state index in [0.29, 0.717) is 38.0 Å². The number of hydrogen-bond acceptors (Lipinski definition) is 4. The summed E-state index contributed by atoms with van der Waals surface area (Å²) in [7, 11) is 0. The van der Waals surface area contributed by atoms with E-state index in [2.05, 4.69) is 41.0 Å². The molecule has 7 heteroatoms. The summed E-state index contributed by atoms with van der Waals surface area (Å²) in [4.78, 5) is 13.4. The molecule has 0 spiro atoms. The van der Waals surface area contributed by atoms with Crippen LogP contribution in [0.5, 0.6) is 5.75 Å². The zero-order chi connectivity index (χ0) is 31.0. The molecule has 0 fully saturated rings. The third-order valence-corrected chi connectivity index (χ3v) is 8.55. The molecule has 1 amide bonds. The monoisotopic (exact) mass is 628 g/mol.